The summed E-state index contributed by atoms with van der Waals surface area (Å²) in [5.41, 5.74) is 0. The molecule has 0 spiro atoms. The zero-order chi connectivity index (χ0) is 9.23. The number of allylic oxidation sites excluding steroid dienone is 1. The molecule has 0 bridgehead atoms. The van der Waals surface area contributed by atoms with Crippen molar-refractivity contribution in [3.63, 3.8) is 0 Å². The summed E-state index contributed by atoms with van der Waals surface area (Å²) in [6.07, 6.45) is 4.15. The molecule has 0 rings (SSSR count). The Morgan fingerprint density at radius 3 is 2.92 bits per heavy atom. The smallest absolute Gasteiger partial charge is 0.205 e. The van der Waals surface area contributed by atoms with Crippen LogP contribution in [0.3, 0.4) is 0 Å². The summed E-state index contributed by atoms with van der Waals surface area (Å²) in [6.45, 7) is 3.60. The van der Waals surface area contributed by atoms with E-state index in [-0.39, 0.29) is 12.4 Å². The standard InChI is InChI=1S/C10H14O2/c1-2-3-4-5-7-10(12)8-6-9-11/h2,11H,1,3-4,6,8-9H2. The van der Waals surface area contributed by atoms with Crippen molar-refractivity contribution in [1.82, 2.24) is 0 Å². The molecule has 0 atom stereocenters. The number of aliphatic hydroxyl groups excluding tert-OH is 1. The Morgan fingerprint density at radius 2 is 2.33 bits per heavy atom. The minimum absolute atomic E-state index is 0.0556. The Balaban J connectivity index is 3.49. The van der Waals surface area contributed by atoms with Crippen LogP contribution in [0, 0.1) is 11.8 Å². The predicted molar refractivity (Wildman–Crippen MR) is 48.5 cm³/mol. The SMILES string of the molecule is C=CCCC#CC(=O)CCCO. The molecule has 0 unspecified atom stereocenters. The van der Waals surface area contributed by atoms with Crippen LogP contribution in [0.15, 0.2) is 12.7 Å². The van der Waals surface area contributed by atoms with Crippen LogP contribution in [-0.2, 0) is 4.79 Å². The molecular formula is C10H14O2. The topological polar surface area (TPSA) is 37.3 Å². The van der Waals surface area contributed by atoms with Gasteiger partial charge >= 0.3 is 0 Å². The number of aliphatic hydroxyl groups is 1. The number of carbonyl (C=O) groups is 1. The zero-order valence-electron chi connectivity index (χ0n) is 7.18. The van der Waals surface area contributed by atoms with Crippen molar-refractivity contribution < 1.29 is 9.90 Å². The zero-order valence-corrected chi connectivity index (χ0v) is 7.18. The van der Waals surface area contributed by atoms with E-state index >= 15 is 0 Å². The maximum atomic E-state index is 10.9. The number of rotatable bonds is 5. The third kappa shape index (κ3) is 7.04. The third-order valence-electron chi connectivity index (χ3n) is 1.26. The van der Waals surface area contributed by atoms with Gasteiger partial charge in [0.2, 0.25) is 5.78 Å². The Kier molecular flexibility index (Phi) is 7.31. The van der Waals surface area contributed by atoms with E-state index in [1.165, 1.54) is 0 Å². The summed E-state index contributed by atoms with van der Waals surface area (Å²) in [7, 11) is 0. The fraction of sp³-hybridized carbons (Fsp3) is 0.500. The van der Waals surface area contributed by atoms with Gasteiger partial charge in [0.15, 0.2) is 0 Å². The third-order valence-corrected chi connectivity index (χ3v) is 1.26. The first-order chi connectivity index (χ1) is 5.81. The number of Topliss-reactive ketones (excluding diaryl/α,β-unsaturated/α-hetero) is 1. The minimum Gasteiger partial charge on any atom is -0.396 e. The molecule has 0 aliphatic carbocycles. The molecule has 0 amide bonds. The molecular weight excluding hydrogens is 152 g/mol. The minimum atomic E-state index is -0.0897. The number of hydrogen-bond acceptors (Lipinski definition) is 2. The van der Waals surface area contributed by atoms with E-state index in [0.717, 1.165) is 6.42 Å². The summed E-state index contributed by atoms with van der Waals surface area (Å²) < 4.78 is 0. The lowest BCUT2D eigenvalue weighted by molar-refractivity contribution is -0.114. The molecule has 66 valence electrons. The fourth-order valence-corrected chi connectivity index (χ4v) is 0.637. The van der Waals surface area contributed by atoms with Crippen LogP contribution in [0.25, 0.3) is 0 Å². The van der Waals surface area contributed by atoms with E-state index in [1.54, 1.807) is 6.08 Å². The Bertz CT molecular complexity index is 196. The summed E-state index contributed by atoms with van der Waals surface area (Å²) in [5, 5.41) is 8.41. The van der Waals surface area contributed by atoms with Gasteiger partial charge in [-0.15, -0.1) is 6.58 Å². The summed E-state index contributed by atoms with van der Waals surface area (Å²) >= 11 is 0. The first kappa shape index (κ1) is 10.9. The monoisotopic (exact) mass is 166 g/mol. The fourth-order valence-electron chi connectivity index (χ4n) is 0.637. The van der Waals surface area contributed by atoms with Crippen LogP contribution in [-0.4, -0.2) is 17.5 Å². The van der Waals surface area contributed by atoms with Gasteiger partial charge in [0, 0.05) is 19.4 Å². The van der Waals surface area contributed by atoms with E-state index in [0.29, 0.717) is 19.3 Å². The molecule has 0 aromatic heterocycles. The second kappa shape index (κ2) is 8.03. The number of ketones is 1. The molecule has 0 aromatic rings. The predicted octanol–water partition coefficient (Wildman–Crippen LogP) is 1.30. The number of carbonyl (C=O) groups excluding carboxylic acids is 1. The van der Waals surface area contributed by atoms with Gasteiger partial charge < -0.3 is 5.11 Å². The largest absolute Gasteiger partial charge is 0.396 e. The Morgan fingerprint density at radius 1 is 1.58 bits per heavy atom. The van der Waals surface area contributed by atoms with Gasteiger partial charge in [-0.2, -0.15) is 0 Å². The lowest BCUT2D eigenvalue weighted by atomic mass is 10.2. The van der Waals surface area contributed by atoms with Crippen LogP contribution in [0.5, 0.6) is 0 Å². The molecule has 0 aliphatic rings. The van der Waals surface area contributed by atoms with Gasteiger partial charge in [0.05, 0.1) is 0 Å². The average molecular weight is 166 g/mol. The summed E-state index contributed by atoms with van der Waals surface area (Å²) in [4.78, 5) is 10.9. The highest BCUT2D eigenvalue weighted by atomic mass is 16.3. The second-order valence-corrected chi connectivity index (χ2v) is 2.38. The van der Waals surface area contributed by atoms with Crippen molar-refractivity contribution in [2.45, 2.75) is 25.7 Å². The lowest BCUT2D eigenvalue weighted by Gasteiger charge is -1.87. The van der Waals surface area contributed by atoms with Crippen LogP contribution in [0.2, 0.25) is 0 Å². The van der Waals surface area contributed by atoms with Gasteiger partial charge in [0.1, 0.15) is 0 Å². The lowest BCUT2D eigenvalue weighted by Crippen LogP contribution is -1.94. The number of hydrogen-bond donors (Lipinski definition) is 1. The van der Waals surface area contributed by atoms with Crippen molar-refractivity contribution in [3.8, 4) is 11.8 Å². The van der Waals surface area contributed by atoms with Gasteiger partial charge in [-0.1, -0.05) is 12.0 Å². The van der Waals surface area contributed by atoms with E-state index < -0.39 is 0 Å². The van der Waals surface area contributed by atoms with Crippen molar-refractivity contribution in [2.75, 3.05) is 6.61 Å². The summed E-state index contributed by atoms with van der Waals surface area (Å²) in [6, 6.07) is 0. The molecule has 0 aromatic carbocycles. The van der Waals surface area contributed by atoms with Crippen LogP contribution >= 0.6 is 0 Å². The Hall–Kier alpha value is -1.07. The summed E-state index contributed by atoms with van der Waals surface area (Å²) in [5.74, 6) is 5.16. The maximum Gasteiger partial charge on any atom is 0.205 e. The number of unbranched alkanes of at least 4 members (excludes halogenated alkanes) is 1. The molecule has 0 saturated heterocycles. The van der Waals surface area contributed by atoms with Gasteiger partial charge in [-0.3, -0.25) is 4.79 Å². The van der Waals surface area contributed by atoms with Crippen LogP contribution in [0.1, 0.15) is 25.7 Å². The first-order valence-electron chi connectivity index (χ1n) is 4.04. The highest BCUT2D eigenvalue weighted by Crippen LogP contribution is 1.89. The van der Waals surface area contributed by atoms with E-state index in [1.807, 2.05) is 0 Å². The second-order valence-electron chi connectivity index (χ2n) is 2.38. The van der Waals surface area contributed by atoms with E-state index in [9.17, 15) is 4.79 Å². The van der Waals surface area contributed by atoms with Crippen molar-refractivity contribution in [1.29, 1.82) is 0 Å². The normalized spacial score (nSPS) is 8.42. The van der Waals surface area contributed by atoms with Crippen LogP contribution in [0.4, 0.5) is 0 Å². The molecule has 2 nitrogen and oxygen atoms in total. The van der Waals surface area contributed by atoms with Gasteiger partial charge in [-0.05, 0) is 18.8 Å². The quantitative estimate of drug-likeness (QED) is 0.289. The van der Waals surface area contributed by atoms with Gasteiger partial charge in [-0.25, -0.2) is 0 Å². The molecule has 0 aliphatic heterocycles. The highest BCUT2D eigenvalue weighted by Gasteiger charge is 1.93. The van der Waals surface area contributed by atoms with Crippen LogP contribution < -0.4 is 0 Å². The van der Waals surface area contributed by atoms with E-state index in [2.05, 4.69) is 18.4 Å². The van der Waals surface area contributed by atoms with Gasteiger partial charge in [0.25, 0.3) is 0 Å². The molecule has 0 radical (unpaired) electrons. The molecule has 1 N–H and O–H groups in total. The maximum absolute atomic E-state index is 10.9. The first-order valence-corrected chi connectivity index (χ1v) is 4.04. The average Bonchev–Trinajstić information content (AvgIpc) is 2.09. The van der Waals surface area contributed by atoms with E-state index in [4.69, 9.17) is 5.11 Å². The molecule has 2 heteroatoms. The molecule has 12 heavy (non-hydrogen) atoms. The van der Waals surface area contributed by atoms with Crippen molar-refractivity contribution in [3.05, 3.63) is 12.7 Å². The molecule has 0 saturated carbocycles. The highest BCUT2D eigenvalue weighted by molar-refractivity contribution is 5.95. The van der Waals surface area contributed by atoms with Crippen molar-refractivity contribution >= 4 is 5.78 Å². The Labute approximate surface area is 73.3 Å². The van der Waals surface area contributed by atoms with Crippen molar-refractivity contribution in [2.24, 2.45) is 0 Å². The molecule has 0 heterocycles. The molecule has 0 fully saturated rings.